The molecule has 2 aromatic heterocycles. The first-order valence-corrected chi connectivity index (χ1v) is 13.2. The standard InChI is InChI=1S/C34H40N2/c1-21-17-23(3)31(24(4)18-21)15-13-29-11-9-27(7)35-33(29)34-30(12-10-28(8)36-34)14-16-32-25(5)19-22(2)20-26(32)6/h9-12,17-20H,13-16H2,1-8H3. The predicted octanol–water partition coefficient (Wildman–Crippen LogP) is 8.18. The third-order valence-electron chi connectivity index (χ3n) is 7.43. The topological polar surface area (TPSA) is 25.8 Å². The Labute approximate surface area is 217 Å². The Morgan fingerprint density at radius 1 is 0.444 bits per heavy atom. The van der Waals surface area contributed by atoms with Crippen LogP contribution in [-0.4, -0.2) is 9.97 Å². The quantitative estimate of drug-likeness (QED) is 0.269. The molecule has 4 rings (SSSR count). The van der Waals surface area contributed by atoms with Gasteiger partial charge in [0.15, 0.2) is 0 Å². The zero-order chi connectivity index (χ0) is 26.0. The summed E-state index contributed by atoms with van der Waals surface area (Å²) in [7, 11) is 0. The van der Waals surface area contributed by atoms with Crippen LogP contribution in [0, 0.1) is 55.4 Å². The molecule has 0 atom stereocenters. The van der Waals surface area contributed by atoms with Gasteiger partial charge in [-0.3, -0.25) is 9.97 Å². The summed E-state index contributed by atoms with van der Waals surface area (Å²) in [6, 6.07) is 18.0. The summed E-state index contributed by atoms with van der Waals surface area (Å²) in [5.41, 5.74) is 17.8. The van der Waals surface area contributed by atoms with Crippen LogP contribution in [0.2, 0.25) is 0 Å². The number of aromatic nitrogens is 2. The second-order valence-corrected chi connectivity index (χ2v) is 10.7. The Hall–Kier alpha value is -3.26. The number of nitrogens with zero attached hydrogens (tertiary/aromatic N) is 2. The first-order valence-electron chi connectivity index (χ1n) is 13.2. The molecule has 0 bridgehead atoms. The van der Waals surface area contributed by atoms with Crippen LogP contribution in [0.25, 0.3) is 11.4 Å². The van der Waals surface area contributed by atoms with Crippen molar-refractivity contribution in [3.05, 3.63) is 116 Å². The van der Waals surface area contributed by atoms with Gasteiger partial charge < -0.3 is 0 Å². The molecule has 2 heterocycles. The number of benzene rings is 2. The molecule has 2 heteroatoms. The lowest BCUT2D eigenvalue weighted by Gasteiger charge is -2.17. The molecule has 0 aliphatic heterocycles. The summed E-state index contributed by atoms with van der Waals surface area (Å²) in [4.78, 5) is 10.1. The number of pyridine rings is 2. The van der Waals surface area contributed by atoms with Gasteiger partial charge >= 0.3 is 0 Å². The van der Waals surface area contributed by atoms with Crippen LogP contribution in [0.4, 0.5) is 0 Å². The van der Waals surface area contributed by atoms with Crippen molar-refractivity contribution in [1.29, 1.82) is 0 Å². The molecule has 0 aliphatic rings. The molecule has 186 valence electrons. The van der Waals surface area contributed by atoms with E-state index in [1.54, 1.807) is 0 Å². The van der Waals surface area contributed by atoms with Gasteiger partial charge in [-0.1, -0.05) is 47.5 Å². The minimum atomic E-state index is 0.957. The second-order valence-electron chi connectivity index (χ2n) is 10.7. The molecule has 2 nitrogen and oxygen atoms in total. The molecular formula is C34H40N2. The van der Waals surface area contributed by atoms with E-state index in [9.17, 15) is 0 Å². The molecule has 0 radical (unpaired) electrons. The Kier molecular flexibility index (Phi) is 7.73. The van der Waals surface area contributed by atoms with Crippen LogP contribution >= 0.6 is 0 Å². The van der Waals surface area contributed by atoms with Gasteiger partial charge in [-0.05, 0) is 138 Å². The summed E-state index contributed by atoms with van der Waals surface area (Å²) >= 11 is 0. The van der Waals surface area contributed by atoms with E-state index >= 15 is 0 Å². The first-order chi connectivity index (χ1) is 17.1. The maximum atomic E-state index is 5.06. The monoisotopic (exact) mass is 476 g/mol. The minimum absolute atomic E-state index is 0.957. The van der Waals surface area contributed by atoms with E-state index in [-0.39, 0.29) is 0 Å². The molecule has 0 saturated carbocycles. The second kappa shape index (κ2) is 10.8. The minimum Gasteiger partial charge on any atom is -0.251 e. The van der Waals surface area contributed by atoms with Gasteiger partial charge in [-0.2, -0.15) is 0 Å². The fourth-order valence-corrected chi connectivity index (χ4v) is 5.71. The third kappa shape index (κ3) is 5.75. The SMILES string of the molecule is Cc1cc(C)c(CCc2ccc(C)nc2-c2nc(C)ccc2CCc2c(C)cc(C)cc2C)c(C)c1. The van der Waals surface area contributed by atoms with E-state index in [1.807, 2.05) is 0 Å². The van der Waals surface area contributed by atoms with E-state index in [1.165, 1.54) is 55.6 Å². The number of rotatable bonds is 7. The van der Waals surface area contributed by atoms with E-state index in [4.69, 9.17) is 9.97 Å². The van der Waals surface area contributed by atoms with Crippen LogP contribution in [0.3, 0.4) is 0 Å². The maximum Gasteiger partial charge on any atom is 0.0924 e. The highest BCUT2D eigenvalue weighted by Gasteiger charge is 2.16. The van der Waals surface area contributed by atoms with Crippen LogP contribution in [0.1, 0.15) is 67.0 Å². The van der Waals surface area contributed by atoms with Gasteiger partial charge in [-0.15, -0.1) is 0 Å². The fraction of sp³-hybridized carbons (Fsp3) is 0.353. The van der Waals surface area contributed by atoms with Crippen molar-refractivity contribution in [2.45, 2.75) is 81.1 Å². The Morgan fingerprint density at radius 3 is 1.11 bits per heavy atom. The highest BCUT2D eigenvalue weighted by molar-refractivity contribution is 5.64. The number of aryl methyl sites for hydroxylation is 10. The number of hydrogen-bond donors (Lipinski definition) is 0. The van der Waals surface area contributed by atoms with Gasteiger partial charge in [0, 0.05) is 11.4 Å². The zero-order valence-electron chi connectivity index (χ0n) is 23.3. The molecule has 36 heavy (non-hydrogen) atoms. The van der Waals surface area contributed by atoms with Crippen molar-refractivity contribution < 1.29 is 0 Å². The normalized spacial score (nSPS) is 11.2. The molecular weight excluding hydrogens is 436 g/mol. The van der Waals surface area contributed by atoms with Gasteiger partial charge in [-0.25, -0.2) is 0 Å². The molecule has 0 fully saturated rings. The van der Waals surface area contributed by atoms with Gasteiger partial charge in [0.25, 0.3) is 0 Å². The average Bonchev–Trinajstić information content (AvgIpc) is 2.79. The van der Waals surface area contributed by atoms with E-state index in [0.717, 1.165) is 48.5 Å². The Balaban J connectivity index is 1.68. The van der Waals surface area contributed by atoms with Crippen molar-refractivity contribution >= 4 is 0 Å². The Morgan fingerprint density at radius 2 is 0.778 bits per heavy atom. The molecule has 4 aromatic rings. The summed E-state index contributed by atoms with van der Waals surface area (Å²) in [6.07, 6.45) is 3.94. The molecule has 0 amide bonds. The summed E-state index contributed by atoms with van der Waals surface area (Å²) in [5.74, 6) is 0. The lowest BCUT2D eigenvalue weighted by atomic mass is 9.91. The van der Waals surface area contributed by atoms with Crippen LogP contribution in [0.5, 0.6) is 0 Å². The van der Waals surface area contributed by atoms with Crippen molar-refractivity contribution in [2.24, 2.45) is 0 Å². The molecule has 0 aliphatic carbocycles. The molecule has 0 saturated heterocycles. The summed E-state index contributed by atoms with van der Waals surface area (Å²) in [5, 5.41) is 0. The lowest BCUT2D eigenvalue weighted by Crippen LogP contribution is -2.06. The smallest absolute Gasteiger partial charge is 0.0924 e. The third-order valence-corrected chi connectivity index (χ3v) is 7.43. The van der Waals surface area contributed by atoms with E-state index < -0.39 is 0 Å². The van der Waals surface area contributed by atoms with Gasteiger partial charge in [0.2, 0.25) is 0 Å². The summed E-state index contributed by atoms with van der Waals surface area (Å²) < 4.78 is 0. The van der Waals surface area contributed by atoms with Crippen LogP contribution in [0.15, 0.2) is 48.5 Å². The average molecular weight is 477 g/mol. The first kappa shape index (κ1) is 25.8. The van der Waals surface area contributed by atoms with Crippen molar-refractivity contribution in [3.8, 4) is 11.4 Å². The number of hydrogen-bond acceptors (Lipinski definition) is 2. The van der Waals surface area contributed by atoms with E-state index in [2.05, 4.69) is 104 Å². The van der Waals surface area contributed by atoms with Crippen molar-refractivity contribution in [2.75, 3.05) is 0 Å². The fourth-order valence-electron chi connectivity index (χ4n) is 5.71. The predicted molar refractivity (Wildman–Crippen MR) is 153 cm³/mol. The van der Waals surface area contributed by atoms with Crippen molar-refractivity contribution in [3.63, 3.8) is 0 Å². The molecule has 2 aromatic carbocycles. The molecule has 0 N–H and O–H groups in total. The molecule has 0 spiro atoms. The maximum absolute atomic E-state index is 5.06. The lowest BCUT2D eigenvalue weighted by molar-refractivity contribution is 0.908. The Bertz CT molecular complexity index is 1260. The van der Waals surface area contributed by atoms with Gasteiger partial charge in [0.1, 0.15) is 0 Å². The highest BCUT2D eigenvalue weighted by atomic mass is 14.8. The largest absolute Gasteiger partial charge is 0.251 e. The zero-order valence-corrected chi connectivity index (χ0v) is 23.3. The highest BCUT2D eigenvalue weighted by Crippen LogP contribution is 2.29. The van der Waals surface area contributed by atoms with Crippen LogP contribution < -0.4 is 0 Å². The van der Waals surface area contributed by atoms with Crippen LogP contribution in [-0.2, 0) is 25.7 Å². The van der Waals surface area contributed by atoms with E-state index in [0.29, 0.717) is 0 Å². The van der Waals surface area contributed by atoms with Gasteiger partial charge in [0.05, 0.1) is 11.4 Å². The summed E-state index contributed by atoms with van der Waals surface area (Å²) in [6.45, 7) is 17.5. The van der Waals surface area contributed by atoms with Crippen molar-refractivity contribution in [1.82, 2.24) is 9.97 Å². The molecule has 0 unspecified atom stereocenters.